The van der Waals surface area contributed by atoms with Gasteiger partial charge in [-0.1, -0.05) is 0 Å². The molecule has 0 bridgehead atoms. The number of carbonyl (C=O) groups is 1. The van der Waals surface area contributed by atoms with Crippen LogP contribution in [0.5, 0.6) is 0 Å². The Labute approximate surface area is 115 Å². The van der Waals surface area contributed by atoms with Crippen molar-refractivity contribution in [2.75, 3.05) is 11.5 Å². The average molecular weight is 323 g/mol. The summed E-state index contributed by atoms with van der Waals surface area (Å²) in [6.07, 6.45) is 0.168. The number of hydrogen-bond donors (Lipinski definition) is 3. The van der Waals surface area contributed by atoms with E-state index in [0.29, 0.717) is 0 Å². The molecule has 20 heavy (non-hydrogen) atoms. The van der Waals surface area contributed by atoms with E-state index in [1.54, 1.807) is 0 Å². The number of sulfone groups is 1. The average Bonchev–Trinajstić information content (AvgIpc) is 2.81. The first-order chi connectivity index (χ1) is 9.12. The van der Waals surface area contributed by atoms with Crippen LogP contribution >= 0.6 is 0 Å². The van der Waals surface area contributed by atoms with Gasteiger partial charge in [0, 0.05) is 6.04 Å². The van der Waals surface area contributed by atoms with Crippen LogP contribution in [0.4, 0.5) is 0 Å². The highest BCUT2D eigenvalue weighted by molar-refractivity contribution is 7.92. The second-order valence-electron chi connectivity index (χ2n) is 4.55. The fourth-order valence-electron chi connectivity index (χ4n) is 2.06. The Hall–Kier alpha value is -1.46. The predicted octanol–water partition coefficient (Wildman–Crippen LogP) is -1.12. The van der Waals surface area contributed by atoms with Gasteiger partial charge >= 0.3 is 5.97 Å². The van der Waals surface area contributed by atoms with Crippen molar-refractivity contribution in [1.82, 2.24) is 14.9 Å². The SMILES string of the molecule is Cc1[nH]nc(C(=O)O)c1S(=O)(=O)NC1CCS(=O)(=O)C1. The van der Waals surface area contributed by atoms with Crippen molar-refractivity contribution in [3.63, 3.8) is 0 Å². The van der Waals surface area contributed by atoms with Gasteiger partial charge in [-0.05, 0) is 13.3 Å². The molecule has 1 aromatic heterocycles. The van der Waals surface area contributed by atoms with E-state index in [-0.39, 0.29) is 23.6 Å². The summed E-state index contributed by atoms with van der Waals surface area (Å²) in [6, 6.07) is -0.749. The molecule has 0 amide bonds. The number of carboxylic acid groups (broad SMARTS) is 1. The number of aromatic nitrogens is 2. The molecule has 9 nitrogen and oxygen atoms in total. The summed E-state index contributed by atoms with van der Waals surface area (Å²) >= 11 is 0. The van der Waals surface area contributed by atoms with E-state index in [2.05, 4.69) is 14.9 Å². The maximum absolute atomic E-state index is 12.2. The maximum atomic E-state index is 12.2. The number of rotatable bonds is 4. The number of sulfonamides is 1. The minimum Gasteiger partial charge on any atom is -0.476 e. The molecule has 1 fully saturated rings. The standard InChI is InChI=1S/C9H13N3O6S2/c1-5-8(7(9(13)14)11-10-5)20(17,18)12-6-2-3-19(15,16)4-6/h6,12H,2-4H2,1H3,(H,10,11)(H,13,14). The zero-order chi connectivity index (χ0) is 15.1. The fourth-order valence-corrected chi connectivity index (χ4v) is 5.43. The zero-order valence-corrected chi connectivity index (χ0v) is 12.1. The van der Waals surface area contributed by atoms with Crippen LogP contribution in [0.2, 0.25) is 0 Å². The molecule has 1 aliphatic rings. The Kier molecular flexibility index (Phi) is 3.60. The second-order valence-corrected chi connectivity index (χ2v) is 8.43. The highest BCUT2D eigenvalue weighted by Gasteiger charge is 2.34. The monoisotopic (exact) mass is 323 g/mol. The molecule has 3 N–H and O–H groups in total. The van der Waals surface area contributed by atoms with Gasteiger partial charge < -0.3 is 5.11 Å². The van der Waals surface area contributed by atoms with Gasteiger partial charge in [0.2, 0.25) is 10.0 Å². The highest BCUT2D eigenvalue weighted by Crippen LogP contribution is 2.20. The number of hydrogen-bond acceptors (Lipinski definition) is 6. The van der Waals surface area contributed by atoms with E-state index in [9.17, 15) is 21.6 Å². The summed E-state index contributed by atoms with van der Waals surface area (Å²) in [5.41, 5.74) is -0.536. The lowest BCUT2D eigenvalue weighted by Gasteiger charge is -2.11. The van der Waals surface area contributed by atoms with Crippen molar-refractivity contribution < 1.29 is 26.7 Å². The van der Waals surface area contributed by atoms with Gasteiger partial charge in [0.1, 0.15) is 4.90 Å². The summed E-state index contributed by atoms with van der Waals surface area (Å²) in [5, 5.41) is 14.6. The molecule has 1 aliphatic heterocycles. The van der Waals surface area contributed by atoms with E-state index >= 15 is 0 Å². The third-order valence-corrected chi connectivity index (χ3v) is 6.37. The molecular formula is C9H13N3O6S2. The normalized spacial score (nSPS) is 21.9. The van der Waals surface area contributed by atoms with Crippen LogP contribution in [0.25, 0.3) is 0 Å². The van der Waals surface area contributed by atoms with Crippen molar-refractivity contribution >= 4 is 25.8 Å². The molecule has 2 rings (SSSR count). The van der Waals surface area contributed by atoms with Gasteiger partial charge in [0.25, 0.3) is 0 Å². The molecule has 1 atom stereocenters. The Balaban J connectivity index is 2.32. The zero-order valence-electron chi connectivity index (χ0n) is 10.5. The van der Waals surface area contributed by atoms with E-state index in [1.165, 1.54) is 6.92 Å². The molecule has 11 heteroatoms. The summed E-state index contributed by atoms with van der Waals surface area (Å²) in [5.74, 6) is -1.85. The Morgan fingerprint density at radius 1 is 1.50 bits per heavy atom. The molecule has 0 saturated carbocycles. The highest BCUT2D eigenvalue weighted by atomic mass is 32.2. The maximum Gasteiger partial charge on any atom is 0.357 e. The van der Waals surface area contributed by atoms with Crippen molar-refractivity contribution in [2.24, 2.45) is 0 Å². The lowest BCUT2D eigenvalue weighted by Crippen LogP contribution is -2.36. The van der Waals surface area contributed by atoms with Gasteiger partial charge in [0.05, 0.1) is 17.2 Å². The number of aryl methyl sites for hydroxylation is 1. The smallest absolute Gasteiger partial charge is 0.357 e. The van der Waals surface area contributed by atoms with Crippen LogP contribution in [-0.4, -0.2) is 55.7 Å². The van der Waals surface area contributed by atoms with Gasteiger partial charge in [-0.3, -0.25) is 5.10 Å². The number of nitrogens with one attached hydrogen (secondary N) is 2. The molecule has 1 saturated heterocycles. The quantitative estimate of drug-likeness (QED) is 0.636. The van der Waals surface area contributed by atoms with Gasteiger partial charge in [-0.25, -0.2) is 26.4 Å². The predicted molar refractivity (Wildman–Crippen MR) is 67.7 cm³/mol. The van der Waals surface area contributed by atoms with E-state index in [1.807, 2.05) is 0 Å². The topological polar surface area (TPSA) is 146 Å². The lowest BCUT2D eigenvalue weighted by molar-refractivity contribution is 0.0686. The Morgan fingerprint density at radius 3 is 2.65 bits per heavy atom. The van der Waals surface area contributed by atoms with Crippen LogP contribution in [-0.2, 0) is 19.9 Å². The van der Waals surface area contributed by atoms with Gasteiger partial charge in [-0.2, -0.15) is 5.10 Å². The van der Waals surface area contributed by atoms with Crippen LogP contribution in [0.1, 0.15) is 22.6 Å². The Morgan fingerprint density at radius 2 is 2.15 bits per heavy atom. The molecule has 0 spiro atoms. The first-order valence-electron chi connectivity index (χ1n) is 5.63. The Bertz CT molecular complexity index is 749. The van der Waals surface area contributed by atoms with Gasteiger partial charge in [-0.15, -0.1) is 0 Å². The molecule has 1 unspecified atom stereocenters. The van der Waals surface area contributed by atoms with Crippen LogP contribution in [0.15, 0.2) is 4.90 Å². The van der Waals surface area contributed by atoms with Crippen molar-refractivity contribution in [3.05, 3.63) is 11.4 Å². The third kappa shape index (κ3) is 2.83. The minimum absolute atomic E-state index is 0.0794. The number of H-pyrrole nitrogens is 1. The summed E-state index contributed by atoms with van der Waals surface area (Å²) in [6.45, 7) is 1.37. The van der Waals surface area contributed by atoms with E-state index in [0.717, 1.165) is 0 Å². The lowest BCUT2D eigenvalue weighted by atomic mass is 10.3. The van der Waals surface area contributed by atoms with Crippen molar-refractivity contribution in [3.8, 4) is 0 Å². The number of carboxylic acids is 1. The van der Waals surface area contributed by atoms with E-state index in [4.69, 9.17) is 5.11 Å². The van der Waals surface area contributed by atoms with Gasteiger partial charge in [0.15, 0.2) is 15.5 Å². The second kappa shape index (κ2) is 4.82. The van der Waals surface area contributed by atoms with E-state index < -0.39 is 42.5 Å². The van der Waals surface area contributed by atoms with Crippen molar-refractivity contribution in [1.29, 1.82) is 0 Å². The third-order valence-electron chi connectivity index (χ3n) is 2.92. The number of aromatic carboxylic acids is 1. The molecule has 0 radical (unpaired) electrons. The minimum atomic E-state index is -4.15. The summed E-state index contributed by atoms with van der Waals surface area (Å²) in [4.78, 5) is 10.5. The van der Waals surface area contributed by atoms with Crippen LogP contribution in [0, 0.1) is 6.92 Å². The molecule has 112 valence electrons. The first-order valence-corrected chi connectivity index (χ1v) is 8.94. The number of nitrogens with zero attached hydrogens (tertiary/aromatic N) is 1. The molecule has 2 heterocycles. The van der Waals surface area contributed by atoms with Crippen molar-refractivity contribution in [2.45, 2.75) is 24.3 Å². The largest absolute Gasteiger partial charge is 0.476 e. The molecule has 0 aliphatic carbocycles. The van der Waals surface area contributed by atoms with Crippen LogP contribution in [0.3, 0.4) is 0 Å². The molecular weight excluding hydrogens is 310 g/mol. The van der Waals surface area contributed by atoms with Crippen LogP contribution < -0.4 is 4.72 Å². The molecule has 1 aromatic rings. The first kappa shape index (κ1) is 14.9. The number of aromatic amines is 1. The molecule has 0 aromatic carbocycles. The summed E-state index contributed by atoms with van der Waals surface area (Å²) in [7, 11) is -7.39. The fraction of sp³-hybridized carbons (Fsp3) is 0.556. The summed E-state index contributed by atoms with van der Waals surface area (Å²) < 4.78 is 49.2.